The summed E-state index contributed by atoms with van der Waals surface area (Å²) in [6.07, 6.45) is 0.205. The molecule has 0 spiro atoms. The fourth-order valence-electron chi connectivity index (χ4n) is 1.37. The Morgan fingerprint density at radius 2 is 2.20 bits per heavy atom. The third-order valence-corrected chi connectivity index (χ3v) is 2.15. The second-order valence-electron chi connectivity index (χ2n) is 3.13. The first kappa shape index (κ1) is 11.7. The van der Waals surface area contributed by atoms with Gasteiger partial charge in [-0.25, -0.2) is 4.39 Å². The Balaban J connectivity index is 3.17. The molecule has 0 heterocycles. The summed E-state index contributed by atoms with van der Waals surface area (Å²) < 4.78 is 18.5. The van der Waals surface area contributed by atoms with Gasteiger partial charge in [0, 0.05) is 12.6 Å². The highest BCUT2D eigenvalue weighted by molar-refractivity contribution is 5.43. The molecule has 0 aliphatic heterocycles. The number of hydrogen-bond donors (Lipinski definition) is 3. The third-order valence-electron chi connectivity index (χ3n) is 2.15. The lowest BCUT2D eigenvalue weighted by Crippen LogP contribution is -2.15. The standard InChI is InChI=1S/C10H14FNO3/c1-15-8-3-2-7(14)10(11)9(8)6(12)4-5-13/h2-3,6,13-14H,4-5,12H2,1H3. The van der Waals surface area contributed by atoms with Crippen LogP contribution < -0.4 is 10.5 Å². The molecule has 0 aliphatic rings. The van der Waals surface area contributed by atoms with Crippen LogP contribution in [-0.4, -0.2) is 23.9 Å². The van der Waals surface area contributed by atoms with Crippen LogP contribution in [0, 0.1) is 5.82 Å². The summed E-state index contributed by atoms with van der Waals surface area (Å²) in [7, 11) is 1.39. The van der Waals surface area contributed by atoms with Gasteiger partial charge in [0.05, 0.1) is 12.7 Å². The smallest absolute Gasteiger partial charge is 0.173 e. The number of halogens is 1. The number of ether oxygens (including phenoxy) is 1. The van der Waals surface area contributed by atoms with Gasteiger partial charge in [-0.1, -0.05) is 0 Å². The van der Waals surface area contributed by atoms with Gasteiger partial charge in [-0.3, -0.25) is 0 Å². The second kappa shape index (κ2) is 4.95. The summed E-state index contributed by atoms with van der Waals surface area (Å²) in [5.41, 5.74) is 5.75. The van der Waals surface area contributed by atoms with Crippen molar-refractivity contribution < 1.29 is 19.3 Å². The molecule has 1 aromatic rings. The number of phenolic OH excluding ortho intramolecular Hbond substituents is 1. The maximum absolute atomic E-state index is 13.5. The van der Waals surface area contributed by atoms with E-state index in [1.54, 1.807) is 0 Å². The van der Waals surface area contributed by atoms with Crippen molar-refractivity contribution in [2.75, 3.05) is 13.7 Å². The van der Waals surface area contributed by atoms with E-state index < -0.39 is 17.6 Å². The Morgan fingerprint density at radius 1 is 1.53 bits per heavy atom. The Morgan fingerprint density at radius 3 is 2.73 bits per heavy atom. The van der Waals surface area contributed by atoms with E-state index in [-0.39, 0.29) is 24.3 Å². The highest BCUT2D eigenvalue weighted by Crippen LogP contribution is 2.33. The number of nitrogens with two attached hydrogens (primary N) is 1. The molecule has 0 saturated carbocycles. The maximum atomic E-state index is 13.5. The Labute approximate surface area is 87.1 Å². The van der Waals surface area contributed by atoms with E-state index in [0.29, 0.717) is 0 Å². The van der Waals surface area contributed by atoms with Gasteiger partial charge in [-0.05, 0) is 18.6 Å². The summed E-state index contributed by atoms with van der Waals surface area (Å²) >= 11 is 0. The first-order chi connectivity index (χ1) is 7.11. The first-order valence-corrected chi connectivity index (χ1v) is 4.53. The van der Waals surface area contributed by atoms with E-state index in [9.17, 15) is 9.50 Å². The van der Waals surface area contributed by atoms with Crippen molar-refractivity contribution in [2.24, 2.45) is 5.73 Å². The topological polar surface area (TPSA) is 75.7 Å². The number of aromatic hydroxyl groups is 1. The van der Waals surface area contributed by atoms with Crippen molar-refractivity contribution in [3.05, 3.63) is 23.5 Å². The highest BCUT2D eigenvalue weighted by Gasteiger charge is 2.19. The van der Waals surface area contributed by atoms with Crippen molar-refractivity contribution in [3.63, 3.8) is 0 Å². The third kappa shape index (κ3) is 2.37. The molecule has 0 saturated heterocycles. The van der Waals surface area contributed by atoms with Crippen molar-refractivity contribution in [1.29, 1.82) is 0 Å². The zero-order valence-electron chi connectivity index (χ0n) is 8.40. The molecule has 4 nitrogen and oxygen atoms in total. The molecule has 1 rings (SSSR count). The van der Waals surface area contributed by atoms with Crippen LogP contribution in [-0.2, 0) is 0 Å². The number of aliphatic hydroxyl groups is 1. The largest absolute Gasteiger partial charge is 0.505 e. The van der Waals surface area contributed by atoms with Gasteiger partial charge in [0.1, 0.15) is 5.75 Å². The maximum Gasteiger partial charge on any atom is 0.173 e. The van der Waals surface area contributed by atoms with Crippen LogP contribution in [0.4, 0.5) is 4.39 Å². The molecule has 84 valence electrons. The highest BCUT2D eigenvalue weighted by atomic mass is 19.1. The van der Waals surface area contributed by atoms with Gasteiger partial charge in [-0.2, -0.15) is 0 Å². The van der Waals surface area contributed by atoms with Gasteiger partial charge >= 0.3 is 0 Å². The minimum Gasteiger partial charge on any atom is -0.505 e. The van der Waals surface area contributed by atoms with Crippen LogP contribution in [0.1, 0.15) is 18.0 Å². The molecule has 0 fully saturated rings. The first-order valence-electron chi connectivity index (χ1n) is 4.53. The average molecular weight is 215 g/mol. The normalized spacial score (nSPS) is 12.5. The van der Waals surface area contributed by atoms with Crippen molar-refractivity contribution >= 4 is 0 Å². The molecule has 4 N–H and O–H groups in total. The molecule has 1 aromatic carbocycles. The number of methoxy groups -OCH3 is 1. The van der Waals surface area contributed by atoms with Crippen LogP contribution >= 0.6 is 0 Å². The van der Waals surface area contributed by atoms with E-state index in [1.165, 1.54) is 19.2 Å². The molecule has 5 heteroatoms. The quantitative estimate of drug-likeness (QED) is 0.698. The molecule has 0 aliphatic carbocycles. The number of benzene rings is 1. The molecular formula is C10H14FNO3. The van der Waals surface area contributed by atoms with E-state index in [0.717, 1.165) is 0 Å². The van der Waals surface area contributed by atoms with Crippen LogP contribution in [0.3, 0.4) is 0 Å². The lowest BCUT2D eigenvalue weighted by molar-refractivity contribution is 0.273. The molecule has 1 atom stereocenters. The monoisotopic (exact) mass is 215 g/mol. The van der Waals surface area contributed by atoms with E-state index in [1.807, 2.05) is 0 Å². The number of aliphatic hydroxyl groups excluding tert-OH is 1. The molecule has 0 radical (unpaired) electrons. The predicted molar refractivity (Wildman–Crippen MR) is 53.2 cm³/mol. The number of hydrogen-bond acceptors (Lipinski definition) is 4. The summed E-state index contributed by atoms with van der Waals surface area (Å²) in [6, 6.07) is 1.94. The summed E-state index contributed by atoms with van der Waals surface area (Å²) in [5, 5.41) is 17.9. The zero-order valence-corrected chi connectivity index (χ0v) is 8.40. The Bertz CT molecular complexity index is 344. The van der Waals surface area contributed by atoms with Gasteiger partial charge in [-0.15, -0.1) is 0 Å². The molecule has 1 unspecified atom stereocenters. The molecule has 0 aromatic heterocycles. The Hall–Kier alpha value is -1.33. The van der Waals surface area contributed by atoms with Crippen LogP contribution in [0.2, 0.25) is 0 Å². The lowest BCUT2D eigenvalue weighted by atomic mass is 10.0. The van der Waals surface area contributed by atoms with Gasteiger partial charge < -0.3 is 20.7 Å². The van der Waals surface area contributed by atoms with E-state index in [4.69, 9.17) is 15.6 Å². The molecule has 0 bridgehead atoms. The van der Waals surface area contributed by atoms with Gasteiger partial charge in [0.2, 0.25) is 0 Å². The number of phenols is 1. The predicted octanol–water partition coefficient (Wildman–Crippen LogP) is 0.922. The molecular weight excluding hydrogens is 201 g/mol. The Kier molecular flexibility index (Phi) is 3.88. The summed E-state index contributed by atoms with van der Waals surface area (Å²) in [4.78, 5) is 0. The fourth-order valence-corrected chi connectivity index (χ4v) is 1.37. The average Bonchev–Trinajstić information content (AvgIpc) is 2.22. The van der Waals surface area contributed by atoms with Crippen molar-refractivity contribution in [2.45, 2.75) is 12.5 Å². The van der Waals surface area contributed by atoms with E-state index >= 15 is 0 Å². The fraction of sp³-hybridized carbons (Fsp3) is 0.400. The SMILES string of the molecule is COc1ccc(O)c(F)c1C(N)CCO. The van der Waals surface area contributed by atoms with Crippen LogP contribution in [0.5, 0.6) is 11.5 Å². The van der Waals surface area contributed by atoms with Crippen molar-refractivity contribution in [1.82, 2.24) is 0 Å². The minimum absolute atomic E-state index is 0.0894. The van der Waals surface area contributed by atoms with Crippen molar-refractivity contribution in [3.8, 4) is 11.5 Å². The summed E-state index contributed by atoms with van der Waals surface area (Å²) in [5.74, 6) is -0.999. The van der Waals surface area contributed by atoms with Gasteiger partial charge in [0.15, 0.2) is 11.6 Å². The number of rotatable bonds is 4. The van der Waals surface area contributed by atoms with Crippen LogP contribution in [0.25, 0.3) is 0 Å². The molecule has 0 amide bonds. The second-order valence-corrected chi connectivity index (χ2v) is 3.13. The summed E-state index contributed by atoms with van der Waals surface area (Å²) in [6.45, 7) is -0.153. The van der Waals surface area contributed by atoms with Gasteiger partial charge in [0.25, 0.3) is 0 Å². The van der Waals surface area contributed by atoms with E-state index in [2.05, 4.69) is 0 Å². The minimum atomic E-state index is -0.796. The zero-order chi connectivity index (χ0) is 11.4. The molecule has 15 heavy (non-hydrogen) atoms. The lowest BCUT2D eigenvalue weighted by Gasteiger charge is -2.16. The van der Waals surface area contributed by atoms with Crippen LogP contribution in [0.15, 0.2) is 12.1 Å².